The minimum atomic E-state index is -1.12. The van der Waals surface area contributed by atoms with E-state index in [1.807, 2.05) is 17.0 Å². The number of carboxylic acids is 1. The number of hydrogen-bond donors (Lipinski definition) is 3. The molecule has 0 radical (unpaired) electrons. The zero-order valence-electron chi connectivity index (χ0n) is 12.2. The van der Waals surface area contributed by atoms with Crippen molar-refractivity contribution in [3.63, 3.8) is 0 Å². The molecule has 1 aliphatic rings. The molecule has 1 saturated heterocycles. The van der Waals surface area contributed by atoms with Crippen LogP contribution in [0.4, 0.5) is 0 Å². The monoisotopic (exact) mass is 308 g/mol. The summed E-state index contributed by atoms with van der Waals surface area (Å²) in [6.45, 7) is 5.02. The van der Waals surface area contributed by atoms with Gasteiger partial charge in [-0.05, 0) is 32.4 Å². The van der Waals surface area contributed by atoms with Crippen molar-refractivity contribution in [3.05, 3.63) is 21.9 Å². The highest BCUT2D eigenvalue weighted by molar-refractivity contribution is 7.12. The second-order valence-corrected chi connectivity index (χ2v) is 7.17. The van der Waals surface area contributed by atoms with Gasteiger partial charge in [-0.15, -0.1) is 11.3 Å². The third-order valence-corrected chi connectivity index (χ3v) is 4.32. The van der Waals surface area contributed by atoms with Crippen molar-refractivity contribution in [2.45, 2.75) is 38.0 Å². The van der Waals surface area contributed by atoms with E-state index < -0.39 is 17.1 Å². The zero-order valence-corrected chi connectivity index (χ0v) is 13.0. The molecule has 1 fully saturated rings. The average Bonchev–Trinajstić information content (AvgIpc) is 2.95. The van der Waals surface area contributed by atoms with Crippen molar-refractivity contribution in [3.8, 4) is 11.8 Å². The second kappa shape index (κ2) is 5.78. The predicted octanol–water partition coefficient (Wildman–Crippen LogP) is 0.858. The van der Waals surface area contributed by atoms with Gasteiger partial charge in [-0.1, -0.05) is 11.8 Å². The normalized spacial score (nSPS) is 22.9. The molecule has 0 aliphatic carbocycles. The van der Waals surface area contributed by atoms with Gasteiger partial charge in [0.15, 0.2) is 0 Å². The lowest BCUT2D eigenvalue weighted by molar-refractivity contribution is -0.142. The highest BCUT2D eigenvalue weighted by Crippen LogP contribution is 2.24. The van der Waals surface area contributed by atoms with Crippen molar-refractivity contribution in [2.24, 2.45) is 5.73 Å². The molecule has 1 aliphatic heterocycles. The summed E-state index contributed by atoms with van der Waals surface area (Å²) >= 11 is 1.55. The second-order valence-electron chi connectivity index (χ2n) is 6.00. The Morgan fingerprint density at radius 2 is 2.29 bits per heavy atom. The minimum Gasteiger partial charge on any atom is -0.480 e. The van der Waals surface area contributed by atoms with Gasteiger partial charge >= 0.3 is 5.97 Å². The summed E-state index contributed by atoms with van der Waals surface area (Å²) in [5.41, 5.74) is 3.73. The Hall–Kier alpha value is -1.39. The maximum absolute atomic E-state index is 11.1. The summed E-state index contributed by atoms with van der Waals surface area (Å²) in [6, 6.07) is 3.90. The average molecular weight is 308 g/mol. The summed E-state index contributed by atoms with van der Waals surface area (Å²) in [5.74, 6) is 4.79. The Balaban J connectivity index is 1.98. The van der Waals surface area contributed by atoms with E-state index in [2.05, 4.69) is 11.8 Å². The first kappa shape index (κ1) is 16.0. The molecular formula is C15H20N2O3S. The number of likely N-dealkylation sites (tertiary alicyclic amines) is 1. The first-order valence-electron chi connectivity index (χ1n) is 6.77. The van der Waals surface area contributed by atoms with Gasteiger partial charge in [0.25, 0.3) is 0 Å². The number of nitrogens with zero attached hydrogens (tertiary/aromatic N) is 1. The molecule has 1 atom stereocenters. The largest absolute Gasteiger partial charge is 0.480 e. The van der Waals surface area contributed by atoms with Crippen LogP contribution in [0.5, 0.6) is 0 Å². The van der Waals surface area contributed by atoms with Crippen LogP contribution in [-0.2, 0) is 11.3 Å². The summed E-state index contributed by atoms with van der Waals surface area (Å²) in [4.78, 5) is 15.2. The number of aliphatic carboxylic acids is 1. The number of nitrogens with two attached hydrogens (primary N) is 1. The van der Waals surface area contributed by atoms with E-state index in [0.29, 0.717) is 26.1 Å². The molecule has 0 unspecified atom stereocenters. The van der Waals surface area contributed by atoms with E-state index in [-0.39, 0.29) is 0 Å². The van der Waals surface area contributed by atoms with Crippen LogP contribution in [0.2, 0.25) is 0 Å². The third kappa shape index (κ3) is 4.29. The molecule has 1 aromatic rings. The quantitative estimate of drug-likeness (QED) is 0.721. The molecule has 0 spiro atoms. The van der Waals surface area contributed by atoms with Gasteiger partial charge in [0.2, 0.25) is 0 Å². The Morgan fingerprint density at radius 1 is 1.57 bits per heavy atom. The van der Waals surface area contributed by atoms with E-state index in [9.17, 15) is 9.90 Å². The van der Waals surface area contributed by atoms with Crippen LogP contribution in [0, 0.1) is 11.8 Å². The Kier molecular flexibility index (Phi) is 4.40. The Labute approximate surface area is 128 Å². The topological polar surface area (TPSA) is 86.8 Å². The van der Waals surface area contributed by atoms with Crippen LogP contribution < -0.4 is 5.73 Å². The first-order chi connectivity index (χ1) is 9.68. The minimum absolute atomic E-state index is 0.366. The summed E-state index contributed by atoms with van der Waals surface area (Å²) in [5, 5.41) is 18.7. The van der Waals surface area contributed by atoms with Crippen LogP contribution in [-0.4, -0.2) is 45.3 Å². The Bertz CT molecular complexity index is 594. The van der Waals surface area contributed by atoms with Crippen LogP contribution in [0.25, 0.3) is 0 Å². The predicted molar refractivity (Wildman–Crippen MR) is 81.9 cm³/mol. The molecule has 0 aromatic carbocycles. The van der Waals surface area contributed by atoms with Gasteiger partial charge in [0, 0.05) is 24.5 Å². The van der Waals surface area contributed by atoms with Gasteiger partial charge in [0.1, 0.15) is 11.1 Å². The first-order valence-corrected chi connectivity index (χ1v) is 7.58. The number of rotatable bonds is 3. The highest BCUT2D eigenvalue weighted by Gasteiger charge is 2.41. The van der Waals surface area contributed by atoms with Crippen LogP contribution in [0.3, 0.4) is 0 Å². The fourth-order valence-corrected chi connectivity index (χ4v) is 3.09. The van der Waals surface area contributed by atoms with Crippen LogP contribution in [0.15, 0.2) is 12.1 Å². The smallest absolute Gasteiger partial charge is 0.325 e. The maximum atomic E-state index is 11.1. The molecule has 2 rings (SSSR count). The number of thiophene rings is 1. The lowest BCUT2D eigenvalue weighted by Crippen LogP contribution is -2.49. The third-order valence-electron chi connectivity index (χ3n) is 3.34. The fourth-order valence-electron chi connectivity index (χ4n) is 2.19. The molecule has 5 nitrogen and oxygen atoms in total. The van der Waals surface area contributed by atoms with E-state index in [4.69, 9.17) is 10.8 Å². The van der Waals surface area contributed by atoms with E-state index in [1.165, 1.54) is 0 Å². The molecular weight excluding hydrogens is 288 g/mol. The lowest BCUT2D eigenvalue weighted by Gasteiger charge is -2.19. The van der Waals surface area contributed by atoms with Crippen molar-refractivity contribution < 1.29 is 15.0 Å². The highest BCUT2D eigenvalue weighted by atomic mass is 32.1. The molecule has 0 amide bonds. The molecule has 1 aromatic heterocycles. The summed E-state index contributed by atoms with van der Waals surface area (Å²) < 4.78 is 0. The number of carbonyl (C=O) groups is 1. The van der Waals surface area contributed by atoms with Gasteiger partial charge in [-0.25, -0.2) is 0 Å². The number of aliphatic hydroxyl groups is 1. The SMILES string of the molecule is CC(C)(O)C#Cc1ccc(CN2CC[C@@](N)(C(=O)O)C2)s1. The molecule has 0 bridgehead atoms. The molecule has 6 heteroatoms. The Morgan fingerprint density at radius 3 is 2.86 bits per heavy atom. The van der Waals surface area contributed by atoms with Gasteiger partial charge in [0.05, 0.1) is 4.88 Å². The van der Waals surface area contributed by atoms with Gasteiger partial charge in [-0.2, -0.15) is 0 Å². The molecule has 21 heavy (non-hydrogen) atoms. The fraction of sp³-hybridized carbons (Fsp3) is 0.533. The van der Waals surface area contributed by atoms with E-state index in [1.54, 1.807) is 25.2 Å². The number of carboxylic acid groups (broad SMARTS) is 1. The molecule has 2 heterocycles. The maximum Gasteiger partial charge on any atom is 0.325 e. The summed E-state index contributed by atoms with van der Waals surface area (Å²) in [6.07, 6.45) is 0.471. The van der Waals surface area contributed by atoms with Crippen molar-refractivity contribution in [2.75, 3.05) is 13.1 Å². The molecule has 4 N–H and O–H groups in total. The van der Waals surface area contributed by atoms with Gasteiger partial charge in [-0.3, -0.25) is 9.69 Å². The van der Waals surface area contributed by atoms with Gasteiger partial charge < -0.3 is 15.9 Å². The standard InChI is InChI=1S/C15H20N2O3S/c1-14(2,20)6-5-11-3-4-12(21-11)9-17-8-7-15(16,10-17)13(18)19/h3-4,20H,7-10,16H2,1-2H3,(H,18,19)/t15-/m0/s1. The van der Waals surface area contributed by atoms with E-state index >= 15 is 0 Å². The van der Waals surface area contributed by atoms with Crippen molar-refractivity contribution in [1.82, 2.24) is 4.90 Å². The van der Waals surface area contributed by atoms with E-state index in [0.717, 1.165) is 9.75 Å². The van der Waals surface area contributed by atoms with Crippen LogP contribution in [0.1, 0.15) is 30.0 Å². The van der Waals surface area contributed by atoms with Crippen LogP contribution >= 0.6 is 11.3 Å². The molecule has 114 valence electrons. The number of hydrogen-bond acceptors (Lipinski definition) is 5. The lowest BCUT2D eigenvalue weighted by atomic mass is 10.0. The van der Waals surface area contributed by atoms with Crippen molar-refractivity contribution >= 4 is 17.3 Å². The summed E-state index contributed by atoms with van der Waals surface area (Å²) in [7, 11) is 0. The molecule has 0 saturated carbocycles. The van der Waals surface area contributed by atoms with Crippen molar-refractivity contribution in [1.29, 1.82) is 0 Å². The zero-order chi connectivity index (χ0) is 15.7.